The molecule has 44 heavy (non-hydrogen) atoms. The van der Waals surface area contributed by atoms with Crippen molar-refractivity contribution in [3.05, 3.63) is 47.5 Å². The molecule has 0 radical (unpaired) electrons. The van der Waals surface area contributed by atoms with Crippen LogP contribution in [0.15, 0.2) is 41.4 Å². The number of amides is 2. The van der Waals surface area contributed by atoms with Crippen molar-refractivity contribution in [3.63, 3.8) is 0 Å². The third-order valence-electron chi connectivity index (χ3n) is 8.22. The van der Waals surface area contributed by atoms with Crippen molar-refractivity contribution in [1.82, 2.24) is 15.6 Å². The molecule has 1 aliphatic heterocycles. The van der Waals surface area contributed by atoms with Crippen molar-refractivity contribution < 1.29 is 19.1 Å². The first-order chi connectivity index (χ1) is 20.3. The summed E-state index contributed by atoms with van der Waals surface area (Å²) in [6.07, 6.45) is 2.42. The number of fused-ring (bicyclic) bond motifs is 1. The highest BCUT2D eigenvalue weighted by atomic mass is 16.6. The zero-order valence-corrected chi connectivity index (χ0v) is 28.3. The normalized spacial score (nSPS) is 18.1. The summed E-state index contributed by atoms with van der Waals surface area (Å²) >= 11 is 0. The van der Waals surface area contributed by atoms with Crippen LogP contribution in [0.3, 0.4) is 0 Å². The Bertz CT molecular complexity index is 1360. The SMILES string of the molecule is CC(C)(C)OC(=O)NC(=NC1CCN(c2cccc(-c3ccc4c(c3)C(C)(C)CCC4(C)C)n2)CC1)NC(=O)OC(C)(C)C. The molecule has 1 aromatic carbocycles. The van der Waals surface area contributed by atoms with Gasteiger partial charge in [0.05, 0.1) is 11.7 Å². The maximum absolute atomic E-state index is 12.5. The van der Waals surface area contributed by atoms with Crippen LogP contribution in [-0.4, -0.2) is 53.5 Å². The van der Waals surface area contributed by atoms with Crippen molar-refractivity contribution in [1.29, 1.82) is 0 Å². The number of hydrogen-bond acceptors (Lipinski definition) is 7. The lowest BCUT2D eigenvalue weighted by Gasteiger charge is -2.42. The molecule has 2 N–H and O–H groups in total. The molecule has 0 bridgehead atoms. The smallest absolute Gasteiger partial charge is 0.414 e. The molecule has 1 aromatic heterocycles. The fourth-order valence-corrected chi connectivity index (χ4v) is 5.81. The molecule has 1 saturated heterocycles. The number of anilines is 1. The standard InChI is InChI=1S/C35H51N5O4/c1-32(2,3)43-30(41)38-29(39-31(42)44-33(4,5)6)36-24-16-20-40(21-17-24)28-13-11-12-27(37-28)23-14-15-25-26(22-23)35(9,10)19-18-34(25,7)8/h11-15,22,24H,16-21H2,1-10H3,(H2,36,38,39,41,42). The fraction of sp³-hybridized carbons (Fsp3) is 0.600. The molecular weight excluding hydrogens is 554 g/mol. The van der Waals surface area contributed by atoms with Crippen molar-refractivity contribution >= 4 is 24.0 Å². The number of aliphatic imine (C=N–C) groups is 1. The third kappa shape index (κ3) is 8.73. The van der Waals surface area contributed by atoms with Crippen LogP contribution in [0.4, 0.5) is 15.4 Å². The molecule has 0 spiro atoms. The van der Waals surface area contributed by atoms with Gasteiger partial charge in [0.25, 0.3) is 0 Å². The third-order valence-corrected chi connectivity index (χ3v) is 8.22. The van der Waals surface area contributed by atoms with Gasteiger partial charge in [-0.3, -0.25) is 10.6 Å². The number of guanidine groups is 1. The summed E-state index contributed by atoms with van der Waals surface area (Å²) in [5.41, 5.74) is 3.90. The summed E-state index contributed by atoms with van der Waals surface area (Å²) in [5.74, 6) is 0.951. The van der Waals surface area contributed by atoms with Gasteiger partial charge in [-0.1, -0.05) is 45.9 Å². The van der Waals surface area contributed by atoms with Crippen molar-refractivity contribution in [2.75, 3.05) is 18.0 Å². The maximum Gasteiger partial charge on any atom is 0.414 e. The Morgan fingerprint density at radius 1 is 0.841 bits per heavy atom. The lowest BCUT2D eigenvalue weighted by atomic mass is 9.63. The van der Waals surface area contributed by atoms with Gasteiger partial charge in [0, 0.05) is 18.7 Å². The van der Waals surface area contributed by atoms with Gasteiger partial charge in [-0.25, -0.2) is 19.6 Å². The van der Waals surface area contributed by atoms with Crippen molar-refractivity contribution in [3.8, 4) is 11.3 Å². The summed E-state index contributed by atoms with van der Waals surface area (Å²) in [6, 6.07) is 13.0. The van der Waals surface area contributed by atoms with E-state index in [1.54, 1.807) is 41.5 Å². The second-order valence-electron chi connectivity index (χ2n) is 15.4. The molecule has 1 fully saturated rings. The number of ether oxygens (including phenoxy) is 2. The lowest BCUT2D eigenvalue weighted by Crippen LogP contribution is -2.48. The minimum Gasteiger partial charge on any atom is -0.444 e. The van der Waals surface area contributed by atoms with E-state index < -0.39 is 23.4 Å². The van der Waals surface area contributed by atoms with Crippen LogP contribution in [0.1, 0.15) is 106 Å². The molecule has 0 saturated carbocycles. The second kappa shape index (κ2) is 12.4. The molecule has 9 nitrogen and oxygen atoms in total. The van der Waals surface area contributed by atoms with Crippen LogP contribution >= 0.6 is 0 Å². The second-order valence-corrected chi connectivity index (χ2v) is 15.4. The molecule has 1 aliphatic carbocycles. The van der Waals surface area contributed by atoms with E-state index in [0.717, 1.165) is 43.0 Å². The molecule has 9 heteroatoms. The Labute approximate surface area is 263 Å². The van der Waals surface area contributed by atoms with E-state index in [4.69, 9.17) is 14.5 Å². The van der Waals surface area contributed by atoms with E-state index in [2.05, 4.69) is 84.6 Å². The van der Waals surface area contributed by atoms with Crippen LogP contribution in [0.25, 0.3) is 11.3 Å². The lowest BCUT2D eigenvalue weighted by molar-refractivity contribution is 0.0544. The number of rotatable bonds is 3. The maximum atomic E-state index is 12.5. The molecule has 2 aliphatic rings. The van der Waals surface area contributed by atoms with E-state index >= 15 is 0 Å². The number of pyridine rings is 1. The predicted octanol–water partition coefficient (Wildman–Crippen LogP) is 7.47. The predicted molar refractivity (Wildman–Crippen MR) is 176 cm³/mol. The summed E-state index contributed by atoms with van der Waals surface area (Å²) in [6.45, 7) is 21.5. The van der Waals surface area contributed by atoms with Gasteiger partial charge in [-0.2, -0.15) is 0 Å². The molecule has 0 unspecified atom stereocenters. The number of aromatic nitrogens is 1. The van der Waals surface area contributed by atoms with Gasteiger partial charge in [0.2, 0.25) is 5.96 Å². The number of benzene rings is 1. The Morgan fingerprint density at radius 2 is 1.39 bits per heavy atom. The van der Waals surface area contributed by atoms with Crippen molar-refractivity contribution in [2.45, 2.75) is 123 Å². The largest absolute Gasteiger partial charge is 0.444 e. The molecule has 0 atom stereocenters. The first kappa shape index (κ1) is 33.3. The minimum absolute atomic E-state index is 0.0191. The Morgan fingerprint density at radius 3 is 1.93 bits per heavy atom. The van der Waals surface area contributed by atoms with Gasteiger partial charge < -0.3 is 14.4 Å². The molecule has 2 aromatic rings. The van der Waals surface area contributed by atoms with E-state index in [1.165, 1.54) is 24.0 Å². The van der Waals surface area contributed by atoms with Crippen LogP contribution in [0.5, 0.6) is 0 Å². The summed E-state index contributed by atoms with van der Waals surface area (Å²) in [4.78, 5) is 37.0. The zero-order valence-electron chi connectivity index (χ0n) is 28.3. The average Bonchev–Trinajstić information content (AvgIpc) is 2.89. The van der Waals surface area contributed by atoms with Gasteiger partial charge in [-0.05, 0) is 107 Å². The quantitative estimate of drug-likeness (QED) is 0.278. The van der Waals surface area contributed by atoms with Crippen LogP contribution in [0, 0.1) is 0 Å². The van der Waals surface area contributed by atoms with E-state index in [-0.39, 0.29) is 22.8 Å². The highest BCUT2D eigenvalue weighted by Gasteiger charge is 2.37. The van der Waals surface area contributed by atoms with Crippen LogP contribution < -0.4 is 15.5 Å². The Kier molecular flexibility index (Phi) is 9.38. The summed E-state index contributed by atoms with van der Waals surface area (Å²) in [7, 11) is 0. The molecule has 2 amide bonds. The van der Waals surface area contributed by atoms with E-state index in [0.29, 0.717) is 0 Å². The van der Waals surface area contributed by atoms with Crippen LogP contribution in [-0.2, 0) is 20.3 Å². The van der Waals surface area contributed by atoms with Crippen LogP contribution in [0.2, 0.25) is 0 Å². The van der Waals surface area contributed by atoms with Crippen molar-refractivity contribution in [2.24, 2.45) is 4.99 Å². The molecule has 2 heterocycles. The van der Waals surface area contributed by atoms with E-state index in [1.807, 2.05) is 0 Å². The fourth-order valence-electron chi connectivity index (χ4n) is 5.81. The van der Waals surface area contributed by atoms with Gasteiger partial charge in [0.15, 0.2) is 0 Å². The minimum atomic E-state index is -0.695. The average molecular weight is 606 g/mol. The summed E-state index contributed by atoms with van der Waals surface area (Å²) in [5, 5.41) is 5.18. The molecule has 4 rings (SSSR count). The zero-order chi connectivity index (χ0) is 32.5. The van der Waals surface area contributed by atoms with Gasteiger partial charge in [-0.15, -0.1) is 0 Å². The monoisotopic (exact) mass is 605 g/mol. The topological polar surface area (TPSA) is 105 Å². The number of hydrogen-bond donors (Lipinski definition) is 2. The number of carbonyl (C=O) groups is 2. The number of nitrogens with one attached hydrogen (secondary N) is 2. The van der Waals surface area contributed by atoms with E-state index in [9.17, 15) is 9.59 Å². The highest BCUT2D eigenvalue weighted by Crippen LogP contribution is 2.46. The first-order valence-electron chi connectivity index (χ1n) is 15.8. The molecular formula is C35H51N5O4. The first-order valence-corrected chi connectivity index (χ1v) is 15.8. The number of carbonyl (C=O) groups excluding carboxylic acids is 2. The highest BCUT2D eigenvalue weighted by molar-refractivity contribution is 6.01. The Balaban J connectivity index is 1.47. The number of alkyl carbamates (subject to hydrolysis) is 2. The van der Waals surface area contributed by atoms with Gasteiger partial charge in [0.1, 0.15) is 17.0 Å². The number of nitrogens with zero attached hydrogens (tertiary/aromatic N) is 3. The summed E-state index contributed by atoms with van der Waals surface area (Å²) < 4.78 is 10.8. The number of piperidine rings is 1. The Hall–Kier alpha value is -3.62. The molecule has 240 valence electrons. The van der Waals surface area contributed by atoms with Gasteiger partial charge >= 0.3 is 12.2 Å².